The lowest BCUT2D eigenvalue weighted by Crippen LogP contribution is -1.98. The maximum atomic E-state index is 10.9. The lowest BCUT2D eigenvalue weighted by Gasteiger charge is -2.02. The first-order valence-electron chi connectivity index (χ1n) is 4.54. The van der Waals surface area contributed by atoms with Gasteiger partial charge in [-0.05, 0) is 23.0 Å². The van der Waals surface area contributed by atoms with Crippen LogP contribution in [0.2, 0.25) is 0 Å². The molecule has 0 aliphatic rings. The highest BCUT2D eigenvalue weighted by Crippen LogP contribution is 2.28. The molecule has 0 spiro atoms. The molecule has 84 valence electrons. The van der Waals surface area contributed by atoms with Crippen LogP contribution in [0.4, 0.5) is 5.69 Å². The van der Waals surface area contributed by atoms with Crippen molar-refractivity contribution >= 4 is 23.0 Å². The SMILES string of the molecule is [N-]=[N+]=Nc1cc(-c2cccs2)ncc1C(=O)O. The van der Waals surface area contributed by atoms with Crippen molar-refractivity contribution in [3.05, 3.63) is 45.8 Å². The summed E-state index contributed by atoms with van der Waals surface area (Å²) in [6.45, 7) is 0. The third-order valence-electron chi connectivity index (χ3n) is 2.04. The Bertz CT molecular complexity index is 603. The smallest absolute Gasteiger partial charge is 0.337 e. The Kier molecular flexibility index (Phi) is 3.04. The van der Waals surface area contributed by atoms with Crippen LogP contribution < -0.4 is 0 Å². The van der Waals surface area contributed by atoms with E-state index in [0.717, 1.165) is 4.88 Å². The fourth-order valence-electron chi connectivity index (χ4n) is 1.30. The summed E-state index contributed by atoms with van der Waals surface area (Å²) in [5.74, 6) is -1.17. The molecule has 2 rings (SSSR count). The third-order valence-corrected chi connectivity index (χ3v) is 2.93. The Morgan fingerprint density at radius 1 is 1.59 bits per heavy atom. The second kappa shape index (κ2) is 4.65. The summed E-state index contributed by atoms with van der Waals surface area (Å²) in [6, 6.07) is 5.18. The minimum absolute atomic E-state index is 0.0680. The highest BCUT2D eigenvalue weighted by molar-refractivity contribution is 7.13. The van der Waals surface area contributed by atoms with Gasteiger partial charge < -0.3 is 5.11 Å². The van der Waals surface area contributed by atoms with Gasteiger partial charge in [-0.2, -0.15) is 0 Å². The van der Waals surface area contributed by atoms with Crippen molar-refractivity contribution in [3.8, 4) is 10.6 Å². The Morgan fingerprint density at radius 3 is 3.00 bits per heavy atom. The maximum Gasteiger partial charge on any atom is 0.337 e. The number of hydrogen-bond acceptors (Lipinski definition) is 4. The first-order valence-corrected chi connectivity index (χ1v) is 5.42. The Morgan fingerprint density at radius 2 is 2.41 bits per heavy atom. The number of hydrogen-bond donors (Lipinski definition) is 1. The van der Waals surface area contributed by atoms with Crippen LogP contribution in [0.15, 0.2) is 34.9 Å². The van der Waals surface area contributed by atoms with Crippen LogP contribution in [0.3, 0.4) is 0 Å². The molecular weight excluding hydrogens is 240 g/mol. The average molecular weight is 246 g/mol. The Balaban J connectivity index is 2.57. The van der Waals surface area contributed by atoms with Crippen LogP contribution in [0.1, 0.15) is 10.4 Å². The quantitative estimate of drug-likeness (QED) is 0.510. The van der Waals surface area contributed by atoms with Crippen molar-refractivity contribution in [2.45, 2.75) is 0 Å². The molecule has 7 heteroatoms. The van der Waals surface area contributed by atoms with E-state index in [4.69, 9.17) is 10.6 Å². The fraction of sp³-hybridized carbons (Fsp3) is 0. The summed E-state index contributed by atoms with van der Waals surface area (Å²) >= 11 is 1.47. The summed E-state index contributed by atoms with van der Waals surface area (Å²) in [5, 5.41) is 14.1. The molecule has 0 aliphatic heterocycles. The maximum absolute atomic E-state index is 10.9. The zero-order valence-corrected chi connectivity index (χ0v) is 9.26. The number of carbonyl (C=O) groups is 1. The number of pyridine rings is 1. The minimum atomic E-state index is -1.17. The van der Waals surface area contributed by atoms with Gasteiger partial charge in [0.25, 0.3) is 0 Å². The van der Waals surface area contributed by atoms with E-state index in [1.165, 1.54) is 23.6 Å². The standard InChI is InChI=1S/C10H6N4O2S/c11-14-13-7-4-8(9-2-1-3-17-9)12-5-6(7)10(15)16/h1-5H,(H,15,16). The number of carboxylic acids is 1. The van der Waals surface area contributed by atoms with E-state index in [2.05, 4.69) is 15.0 Å². The van der Waals surface area contributed by atoms with Crippen LogP contribution in [0.5, 0.6) is 0 Å². The van der Waals surface area contributed by atoms with Crippen molar-refractivity contribution < 1.29 is 9.90 Å². The highest BCUT2D eigenvalue weighted by atomic mass is 32.1. The number of nitrogens with zero attached hydrogens (tertiary/aromatic N) is 4. The summed E-state index contributed by atoms with van der Waals surface area (Å²) < 4.78 is 0. The number of rotatable bonds is 3. The van der Waals surface area contributed by atoms with E-state index in [1.54, 1.807) is 0 Å². The van der Waals surface area contributed by atoms with E-state index in [1.807, 2.05) is 17.5 Å². The van der Waals surface area contributed by atoms with Crippen molar-refractivity contribution in [2.75, 3.05) is 0 Å². The van der Waals surface area contributed by atoms with Crippen LogP contribution >= 0.6 is 11.3 Å². The van der Waals surface area contributed by atoms with E-state index < -0.39 is 5.97 Å². The number of azide groups is 1. The first kappa shape index (κ1) is 11.1. The molecule has 0 aromatic carbocycles. The van der Waals surface area contributed by atoms with Crippen LogP contribution in [0, 0.1) is 0 Å². The van der Waals surface area contributed by atoms with E-state index >= 15 is 0 Å². The molecule has 0 radical (unpaired) electrons. The van der Waals surface area contributed by atoms with Crippen molar-refractivity contribution in [1.82, 2.24) is 4.98 Å². The molecule has 0 saturated carbocycles. The molecule has 1 N–H and O–H groups in total. The molecule has 2 heterocycles. The number of thiophene rings is 1. The van der Waals surface area contributed by atoms with Gasteiger partial charge in [0.05, 0.1) is 21.8 Å². The molecular formula is C10H6N4O2S. The van der Waals surface area contributed by atoms with Gasteiger partial charge in [-0.25, -0.2) is 4.79 Å². The molecule has 0 unspecified atom stereocenters. The van der Waals surface area contributed by atoms with Gasteiger partial charge in [0, 0.05) is 11.1 Å². The molecule has 2 aromatic rings. The molecule has 17 heavy (non-hydrogen) atoms. The predicted molar refractivity (Wildman–Crippen MR) is 63.3 cm³/mol. The van der Waals surface area contributed by atoms with E-state index in [-0.39, 0.29) is 11.3 Å². The second-order valence-corrected chi connectivity index (χ2v) is 4.01. The van der Waals surface area contributed by atoms with Crippen molar-refractivity contribution in [3.63, 3.8) is 0 Å². The van der Waals surface area contributed by atoms with E-state index in [9.17, 15) is 4.79 Å². The van der Waals surface area contributed by atoms with Gasteiger partial charge in [0.2, 0.25) is 0 Å². The third kappa shape index (κ3) is 2.25. The van der Waals surface area contributed by atoms with Gasteiger partial charge in [-0.3, -0.25) is 4.98 Å². The fourth-order valence-corrected chi connectivity index (χ4v) is 1.99. The van der Waals surface area contributed by atoms with Gasteiger partial charge in [0.15, 0.2) is 0 Å². The minimum Gasteiger partial charge on any atom is -0.478 e. The zero-order valence-electron chi connectivity index (χ0n) is 8.44. The second-order valence-electron chi connectivity index (χ2n) is 3.06. The molecule has 0 fully saturated rings. The Labute approximate surface area is 99.8 Å². The summed E-state index contributed by atoms with van der Waals surface area (Å²) in [4.78, 5) is 18.4. The summed E-state index contributed by atoms with van der Waals surface area (Å²) in [7, 11) is 0. The van der Waals surface area contributed by atoms with E-state index in [0.29, 0.717) is 5.69 Å². The number of carboxylic acid groups (broad SMARTS) is 1. The van der Waals surface area contributed by atoms with Gasteiger partial charge >= 0.3 is 5.97 Å². The predicted octanol–water partition coefficient (Wildman–Crippen LogP) is 3.45. The molecule has 0 atom stereocenters. The van der Waals surface area contributed by atoms with Gasteiger partial charge in [0.1, 0.15) is 0 Å². The molecule has 0 saturated heterocycles. The summed E-state index contributed by atoms with van der Waals surface area (Å²) in [6.07, 6.45) is 1.20. The normalized spacial score (nSPS) is 9.65. The zero-order chi connectivity index (χ0) is 12.3. The van der Waals surface area contributed by atoms with Crippen LogP contribution in [-0.2, 0) is 0 Å². The Hall–Kier alpha value is -2.37. The molecule has 2 aromatic heterocycles. The highest BCUT2D eigenvalue weighted by Gasteiger charge is 2.11. The van der Waals surface area contributed by atoms with Crippen molar-refractivity contribution in [1.29, 1.82) is 0 Å². The largest absolute Gasteiger partial charge is 0.478 e. The van der Waals surface area contributed by atoms with Gasteiger partial charge in [-0.15, -0.1) is 11.3 Å². The molecule has 6 nitrogen and oxygen atoms in total. The van der Waals surface area contributed by atoms with Crippen LogP contribution in [0.25, 0.3) is 21.0 Å². The summed E-state index contributed by atoms with van der Waals surface area (Å²) in [5.41, 5.74) is 8.94. The average Bonchev–Trinajstić information content (AvgIpc) is 2.82. The lowest BCUT2D eigenvalue weighted by atomic mass is 10.2. The van der Waals surface area contributed by atoms with Crippen molar-refractivity contribution in [2.24, 2.45) is 5.11 Å². The number of aromatic nitrogens is 1. The van der Waals surface area contributed by atoms with Gasteiger partial charge in [-0.1, -0.05) is 11.2 Å². The molecule has 0 bridgehead atoms. The lowest BCUT2D eigenvalue weighted by molar-refractivity contribution is 0.0697. The monoisotopic (exact) mass is 246 g/mol. The molecule has 0 amide bonds. The van der Waals surface area contributed by atoms with Crippen LogP contribution in [-0.4, -0.2) is 16.1 Å². The number of aromatic carboxylic acids is 1. The topological polar surface area (TPSA) is 99.0 Å². The first-order chi connectivity index (χ1) is 8.22. The molecule has 0 aliphatic carbocycles.